The lowest BCUT2D eigenvalue weighted by Gasteiger charge is -2.05. The summed E-state index contributed by atoms with van der Waals surface area (Å²) in [5.41, 5.74) is 3.55. The Balaban J connectivity index is 2.53. The molecule has 0 fully saturated rings. The fraction of sp³-hybridized carbons (Fsp3) is 0.154. The first kappa shape index (κ1) is 10.5. The maximum atomic E-state index is 11.5. The second kappa shape index (κ2) is 4.23. The molecular weight excluding hydrogens is 202 g/mol. The van der Waals surface area contributed by atoms with Crippen LogP contribution >= 0.6 is 0 Å². The summed E-state index contributed by atoms with van der Waals surface area (Å²) in [5.74, 6) is -0.344. The van der Waals surface area contributed by atoms with Crippen molar-refractivity contribution in [3.63, 3.8) is 0 Å². The third-order valence-electron chi connectivity index (χ3n) is 2.57. The van der Waals surface area contributed by atoms with Crippen molar-refractivity contribution >= 4 is 5.97 Å². The van der Waals surface area contributed by atoms with Gasteiger partial charge in [0.15, 0.2) is 0 Å². The second-order valence-corrected chi connectivity index (χ2v) is 3.57. The number of aromatic amines is 1. The fourth-order valence-corrected chi connectivity index (χ4v) is 1.74. The predicted octanol–water partition coefficient (Wildman–Crippen LogP) is 2.78. The molecule has 0 saturated carbocycles. The standard InChI is InChI=1S/C13H13NO2/c1-9-5-3-4-6-10(9)11-7-8-14-12(11)13(15)16-2/h3-8,14H,1-2H3. The van der Waals surface area contributed by atoms with Crippen LogP contribution in [0.2, 0.25) is 0 Å². The summed E-state index contributed by atoms with van der Waals surface area (Å²) < 4.78 is 4.73. The van der Waals surface area contributed by atoms with E-state index in [1.807, 2.05) is 37.3 Å². The van der Waals surface area contributed by atoms with Gasteiger partial charge in [-0.2, -0.15) is 0 Å². The third-order valence-corrected chi connectivity index (χ3v) is 2.57. The number of hydrogen-bond acceptors (Lipinski definition) is 2. The van der Waals surface area contributed by atoms with Crippen molar-refractivity contribution in [3.05, 3.63) is 47.8 Å². The molecule has 82 valence electrons. The van der Waals surface area contributed by atoms with Gasteiger partial charge in [-0.1, -0.05) is 24.3 Å². The summed E-state index contributed by atoms with van der Waals surface area (Å²) in [6.45, 7) is 2.02. The Morgan fingerprint density at radius 1 is 1.19 bits per heavy atom. The van der Waals surface area contributed by atoms with E-state index in [9.17, 15) is 4.79 Å². The molecule has 0 aliphatic rings. The van der Waals surface area contributed by atoms with Gasteiger partial charge in [0.1, 0.15) is 5.69 Å². The molecule has 0 saturated heterocycles. The number of hydrogen-bond donors (Lipinski definition) is 1. The number of ether oxygens (including phenoxy) is 1. The van der Waals surface area contributed by atoms with Crippen molar-refractivity contribution < 1.29 is 9.53 Å². The highest BCUT2D eigenvalue weighted by atomic mass is 16.5. The molecule has 0 aliphatic carbocycles. The van der Waals surface area contributed by atoms with E-state index in [0.717, 1.165) is 16.7 Å². The van der Waals surface area contributed by atoms with Crippen molar-refractivity contribution in [1.82, 2.24) is 4.98 Å². The number of methoxy groups -OCH3 is 1. The van der Waals surface area contributed by atoms with E-state index in [1.165, 1.54) is 7.11 Å². The number of rotatable bonds is 2. The molecule has 0 bridgehead atoms. The Morgan fingerprint density at radius 2 is 1.94 bits per heavy atom. The Morgan fingerprint density at radius 3 is 2.62 bits per heavy atom. The molecule has 1 heterocycles. The van der Waals surface area contributed by atoms with Crippen LogP contribution in [0.25, 0.3) is 11.1 Å². The molecule has 0 radical (unpaired) electrons. The number of carbonyl (C=O) groups is 1. The second-order valence-electron chi connectivity index (χ2n) is 3.57. The summed E-state index contributed by atoms with van der Waals surface area (Å²) in [4.78, 5) is 14.4. The number of aryl methyl sites for hydroxylation is 1. The number of benzene rings is 1. The summed E-state index contributed by atoms with van der Waals surface area (Å²) in [5, 5.41) is 0. The van der Waals surface area contributed by atoms with Crippen LogP contribution in [-0.2, 0) is 4.74 Å². The molecule has 1 aromatic heterocycles. The number of nitrogens with one attached hydrogen (secondary N) is 1. The molecule has 2 aromatic rings. The van der Waals surface area contributed by atoms with Gasteiger partial charge in [0.25, 0.3) is 0 Å². The minimum atomic E-state index is -0.344. The average Bonchev–Trinajstić information content (AvgIpc) is 2.77. The average molecular weight is 215 g/mol. The van der Waals surface area contributed by atoms with Crippen molar-refractivity contribution in [3.8, 4) is 11.1 Å². The van der Waals surface area contributed by atoms with Gasteiger partial charge in [-0.15, -0.1) is 0 Å². The van der Waals surface area contributed by atoms with Crippen LogP contribution in [-0.4, -0.2) is 18.1 Å². The van der Waals surface area contributed by atoms with E-state index in [0.29, 0.717) is 5.69 Å². The van der Waals surface area contributed by atoms with Crippen molar-refractivity contribution in [1.29, 1.82) is 0 Å². The minimum absolute atomic E-state index is 0.344. The smallest absolute Gasteiger partial charge is 0.355 e. The molecule has 0 unspecified atom stereocenters. The number of carbonyl (C=O) groups excluding carboxylic acids is 1. The lowest BCUT2D eigenvalue weighted by atomic mass is 10.0. The highest BCUT2D eigenvalue weighted by Gasteiger charge is 2.15. The maximum absolute atomic E-state index is 11.5. The number of aromatic nitrogens is 1. The van der Waals surface area contributed by atoms with E-state index >= 15 is 0 Å². The van der Waals surface area contributed by atoms with E-state index in [4.69, 9.17) is 4.74 Å². The third kappa shape index (κ3) is 1.72. The first-order valence-corrected chi connectivity index (χ1v) is 5.05. The number of H-pyrrole nitrogens is 1. The van der Waals surface area contributed by atoms with Gasteiger partial charge in [0.2, 0.25) is 0 Å². The topological polar surface area (TPSA) is 42.1 Å². The molecule has 0 amide bonds. The van der Waals surface area contributed by atoms with Crippen LogP contribution < -0.4 is 0 Å². The van der Waals surface area contributed by atoms with Crippen LogP contribution in [0.15, 0.2) is 36.5 Å². The zero-order chi connectivity index (χ0) is 11.5. The Hall–Kier alpha value is -2.03. The van der Waals surface area contributed by atoms with Gasteiger partial charge in [-0.25, -0.2) is 4.79 Å². The Labute approximate surface area is 94.1 Å². The molecule has 3 nitrogen and oxygen atoms in total. The largest absolute Gasteiger partial charge is 0.464 e. The van der Waals surface area contributed by atoms with Crippen LogP contribution in [0.4, 0.5) is 0 Å². The van der Waals surface area contributed by atoms with Crippen LogP contribution in [0.3, 0.4) is 0 Å². The molecule has 0 aliphatic heterocycles. The van der Waals surface area contributed by atoms with Gasteiger partial charge in [0.05, 0.1) is 7.11 Å². The van der Waals surface area contributed by atoms with E-state index in [-0.39, 0.29) is 5.97 Å². The van der Waals surface area contributed by atoms with E-state index < -0.39 is 0 Å². The van der Waals surface area contributed by atoms with Crippen LogP contribution in [0.1, 0.15) is 16.1 Å². The molecule has 16 heavy (non-hydrogen) atoms. The monoisotopic (exact) mass is 215 g/mol. The molecule has 0 atom stereocenters. The van der Waals surface area contributed by atoms with E-state index in [2.05, 4.69) is 4.98 Å². The van der Waals surface area contributed by atoms with E-state index in [1.54, 1.807) is 6.20 Å². The molecule has 1 N–H and O–H groups in total. The molecular formula is C13H13NO2. The Bertz CT molecular complexity index is 514. The molecule has 1 aromatic carbocycles. The summed E-state index contributed by atoms with van der Waals surface area (Å²) in [7, 11) is 1.38. The first-order valence-electron chi connectivity index (χ1n) is 5.05. The lowest BCUT2D eigenvalue weighted by molar-refractivity contribution is 0.0596. The fourth-order valence-electron chi connectivity index (χ4n) is 1.74. The zero-order valence-electron chi connectivity index (χ0n) is 9.28. The van der Waals surface area contributed by atoms with Crippen LogP contribution in [0, 0.1) is 6.92 Å². The first-order chi connectivity index (χ1) is 7.74. The number of esters is 1. The van der Waals surface area contributed by atoms with Gasteiger partial charge in [0, 0.05) is 11.8 Å². The highest BCUT2D eigenvalue weighted by Crippen LogP contribution is 2.26. The van der Waals surface area contributed by atoms with Crippen molar-refractivity contribution in [2.75, 3.05) is 7.11 Å². The van der Waals surface area contributed by atoms with Gasteiger partial charge in [-0.3, -0.25) is 0 Å². The van der Waals surface area contributed by atoms with Crippen LogP contribution in [0.5, 0.6) is 0 Å². The Kier molecular flexibility index (Phi) is 2.77. The zero-order valence-corrected chi connectivity index (χ0v) is 9.28. The predicted molar refractivity (Wildman–Crippen MR) is 62.3 cm³/mol. The summed E-state index contributed by atoms with van der Waals surface area (Å²) in [6, 6.07) is 9.82. The van der Waals surface area contributed by atoms with Crippen molar-refractivity contribution in [2.24, 2.45) is 0 Å². The van der Waals surface area contributed by atoms with Crippen molar-refractivity contribution in [2.45, 2.75) is 6.92 Å². The highest BCUT2D eigenvalue weighted by molar-refractivity contribution is 5.95. The molecule has 2 rings (SSSR count). The SMILES string of the molecule is COC(=O)c1[nH]ccc1-c1ccccc1C. The minimum Gasteiger partial charge on any atom is -0.464 e. The summed E-state index contributed by atoms with van der Waals surface area (Å²) >= 11 is 0. The summed E-state index contributed by atoms with van der Waals surface area (Å²) in [6.07, 6.45) is 1.74. The molecule has 0 spiro atoms. The van der Waals surface area contributed by atoms with Gasteiger partial charge in [-0.05, 0) is 24.1 Å². The normalized spacial score (nSPS) is 10.1. The molecule has 3 heteroatoms. The van der Waals surface area contributed by atoms with Gasteiger partial charge < -0.3 is 9.72 Å². The lowest BCUT2D eigenvalue weighted by Crippen LogP contribution is -2.03. The van der Waals surface area contributed by atoms with Gasteiger partial charge >= 0.3 is 5.97 Å². The maximum Gasteiger partial charge on any atom is 0.355 e. The quantitative estimate of drug-likeness (QED) is 0.783.